The van der Waals surface area contributed by atoms with Gasteiger partial charge in [0.25, 0.3) is 5.91 Å². The summed E-state index contributed by atoms with van der Waals surface area (Å²) < 4.78 is 6.07. The number of carbonyl (C=O) groups is 1. The van der Waals surface area contributed by atoms with Gasteiger partial charge in [-0.2, -0.15) is 0 Å². The Balaban J connectivity index is 1.73. The highest BCUT2D eigenvalue weighted by molar-refractivity contribution is 5.85. The van der Waals surface area contributed by atoms with E-state index in [0.29, 0.717) is 0 Å². The lowest BCUT2D eigenvalue weighted by Gasteiger charge is -2.33. The molecule has 0 saturated heterocycles. The van der Waals surface area contributed by atoms with E-state index >= 15 is 0 Å². The zero-order chi connectivity index (χ0) is 18.0. The van der Waals surface area contributed by atoms with Crippen LogP contribution >= 0.6 is 0 Å². The predicted molar refractivity (Wildman–Crippen MR) is 96.4 cm³/mol. The second-order valence-corrected chi connectivity index (χ2v) is 7.12. The zero-order valence-electron chi connectivity index (χ0n) is 15.3. The standard InChI is InChI=1S/C20H25N3O2/c1-14(18-10-11-21-13-22-18)23(4)19(24)20(2,3)25-17-9-8-15-6-5-7-16(15)12-17/h8-14H,5-7H2,1-4H3/t14-/m1/s1. The molecule has 0 bridgehead atoms. The Morgan fingerprint density at radius 2 is 2.00 bits per heavy atom. The number of aromatic nitrogens is 2. The van der Waals surface area contributed by atoms with Crippen molar-refractivity contribution in [2.75, 3.05) is 7.05 Å². The molecular weight excluding hydrogens is 314 g/mol. The van der Waals surface area contributed by atoms with Crippen LogP contribution in [0.1, 0.15) is 50.1 Å². The van der Waals surface area contributed by atoms with Gasteiger partial charge in [-0.1, -0.05) is 6.07 Å². The predicted octanol–water partition coefficient (Wildman–Crippen LogP) is 3.34. The highest BCUT2D eigenvalue weighted by Gasteiger charge is 2.35. The highest BCUT2D eigenvalue weighted by Crippen LogP contribution is 2.29. The van der Waals surface area contributed by atoms with Crippen molar-refractivity contribution in [1.29, 1.82) is 0 Å². The smallest absolute Gasteiger partial charge is 0.266 e. The fourth-order valence-corrected chi connectivity index (χ4v) is 3.30. The monoisotopic (exact) mass is 339 g/mol. The summed E-state index contributed by atoms with van der Waals surface area (Å²) in [6.07, 6.45) is 6.60. The quantitative estimate of drug-likeness (QED) is 0.838. The molecule has 1 aromatic carbocycles. The molecule has 1 aliphatic carbocycles. The van der Waals surface area contributed by atoms with Gasteiger partial charge in [0.05, 0.1) is 11.7 Å². The van der Waals surface area contributed by atoms with E-state index < -0.39 is 5.60 Å². The van der Waals surface area contributed by atoms with Crippen LogP contribution in [0.4, 0.5) is 0 Å². The first-order chi connectivity index (χ1) is 11.9. The van der Waals surface area contributed by atoms with E-state index in [9.17, 15) is 4.79 Å². The number of fused-ring (bicyclic) bond motifs is 1. The number of amides is 1. The van der Waals surface area contributed by atoms with Crippen molar-refractivity contribution in [2.24, 2.45) is 0 Å². The average molecular weight is 339 g/mol. The van der Waals surface area contributed by atoms with Gasteiger partial charge < -0.3 is 9.64 Å². The van der Waals surface area contributed by atoms with Gasteiger partial charge in [-0.25, -0.2) is 9.97 Å². The van der Waals surface area contributed by atoms with Crippen LogP contribution < -0.4 is 4.74 Å². The van der Waals surface area contributed by atoms with Gasteiger partial charge in [0.2, 0.25) is 0 Å². The molecule has 2 aromatic rings. The minimum atomic E-state index is -0.955. The third kappa shape index (κ3) is 3.65. The van der Waals surface area contributed by atoms with Gasteiger partial charge in [-0.3, -0.25) is 4.79 Å². The van der Waals surface area contributed by atoms with E-state index in [-0.39, 0.29) is 11.9 Å². The number of hydrogen-bond acceptors (Lipinski definition) is 4. The fraction of sp³-hybridized carbons (Fsp3) is 0.450. The van der Waals surface area contributed by atoms with E-state index in [1.54, 1.807) is 18.1 Å². The molecule has 5 nitrogen and oxygen atoms in total. The molecule has 1 aromatic heterocycles. The van der Waals surface area contributed by atoms with Crippen LogP contribution in [0.2, 0.25) is 0 Å². The van der Waals surface area contributed by atoms with Gasteiger partial charge in [0.15, 0.2) is 5.60 Å². The Kier molecular flexibility index (Phi) is 4.75. The number of likely N-dealkylation sites (N-methyl/N-ethyl adjacent to an activating group) is 1. The Morgan fingerprint density at radius 3 is 2.72 bits per heavy atom. The maximum absolute atomic E-state index is 13.0. The number of benzene rings is 1. The largest absolute Gasteiger partial charge is 0.478 e. The van der Waals surface area contributed by atoms with Gasteiger partial charge in [-0.05, 0) is 69.4 Å². The molecule has 25 heavy (non-hydrogen) atoms. The first-order valence-corrected chi connectivity index (χ1v) is 8.72. The molecule has 0 saturated carbocycles. The van der Waals surface area contributed by atoms with Crippen molar-refractivity contribution < 1.29 is 9.53 Å². The van der Waals surface area contributed by atoms with E-state index in [4.69, 9.17) is 4.74 Å². The maximum atomic E-state index is 13.0. The first-order valence-electron chi connectivity index (χ1n) is 8.72. The van der Waals surface area contributed by atoms with E-state index in [2.05, 4.69) is 22.1 Å². The molecule has 132 valence electrons. The van der Waals surface area contributed by atoms with Crippen LogP contribution in [-0.2, 0) is 17.6 Å². The van der Waals surface area contributed by atoms with Crippen LogP contribution in [0.15, 0.2) is 36.8 Å². The summed E-state index contributed by atoms with van der Waals surface area (Å²) in [5.41, 5.74) is 2.58. The van der Waals surface area contributed by atoms with Crippen molar-refractivity contribution in [3.05, 3.63) is 53.6 Å². The number of aryl methyl sites for hydroxylation is 2. The maximum Gasteiger partial charge on any atom is 0.266 e. The Hall–Kier alpha value is -2.43. The molecular formula is C20H25N3O2. The molecule has 3 rings (SSSR count). The zero-order valence-corrected chi connectivity index (χ0v) is 15.3. The van der Waals surface area contributed by atoms with Crippen LogP contribution in [0.5, 0.6) is 5.75 Å². The number of nitrogens with zero attached hydrogens (tertiary/aromatic N) is 3. The van der Waals surface area contributed by atoms with Gasteiger partial charge in [-0.15, -0.1) is 0 Å². The molecule has 0 spiro atoms. The molecule has 5 heteroatoms. The number of hydrogen-bond donors (Lipinski definition) is 0. The van der Waals surface area contributed by atoms with Crippen LogP contribution in [0.3, 0.4) is 0 Å². The second-order valence-electron chi connectivity index (χ2n) is 7.12. The van der Waals surface area contributed by atoms with Crippen molar-refractivity contribution in [3.63, 3.8) is 0 Å². The Bertz CT molecular complexity index is 759. The van der Waals surface area contributed by atoms with E-state index in [1.807, 2.05) is 32.9 Å². The summed E-state index contributed by atoms with van der Waals surface area (Å²) in [5.74, 6) is 0.668. The third-order valence-corrected chi connectivity index (χ3v) is 4.89. The Morgan fingerprint density at radius 1 is 1.24 bits per heavy atom. The summed E-state index contributed by atoms with van der Waals surface area (Å²) in [6, 6.07) is 7.82. The lowest BCUT2D eigenvalue weighted by molar-refractivity contribution is -0.146. The molecule has 1 heterocycles. The third-order valence-electron chi connectivity index (χ3n) is 4.89. The lowest BCUT2D eigenvalue weighted by atomic mass is 10.1. The lowest BCUT2D eigenvalue weighted by Crippen LogP contribution is -2.48. The van der Waals surface area contributed by atoms with Crippen molar-refractivity contribution in [3.8, 4) is 5.75 Å². The summed E-state index contributed by atoms with van der Waals surface area (Å²) in [5, 5.41) is 0. The molecule has 0 radical (unpaired) electrons. The molecule has 0 N–H and O–H groups in total. The highest BCUT2D eigenvalue weighted by atomic mass is 16.5. The second kappa shape index (κ2) is 6.82. The van der Waals surface area contributed by atoms with Gasteiger partial charge in [0.1, 0.15) is 12.1 Å². The fourth-order valence-electron chi connectivity index (χ4n) is 3.30. The summed E-state index contributed by atoms with van der Waals surface area (Å²) in [7, 11) is 1.78. The van der Waals surface area contributed by atoms with E-state index in [0.717, 1.165) is 24.3 Å². The Labute approximate surface area is 149 Å². The molecule has 0 aliphatic heterocycles. The normalized spacial score (nSPS) is 14.7. The van der Waals surface area contributed by atoms with Crippen LogP contribution in [0, 0.1) is 0 Å². The molecule has 0 unspecified atom stereocenters. The molecule has 1 atom stereocenters. The number of ether oxygens (including phenoxy) is 1. The first kappa shape index (κ1) is 17.4. The molecule has 1 aliphatic rings. The van der Waals surface area contributed by atoms with Crippen molar-refractivity contribution in [2.45, 2.75) is 51.7 Å². The minimum Gasteiger partial charge on any atom is -0.478 e. The van der Waals surface area contributed by atoms with Gasteiger partial charge in [0, 0.05) is 13.2 Å². The van der Waals surface area contributed by atoms with E-state index in [1.165, 1.54) is 23.9 Å². The molecule has 0 fully saturated rings. The number of rotatable bonds is 5. The SMILES string of the molecule is C[C@H](c1ccncn1)N(C)C(=O)C(C)(C)Oc1ccc2c(c1)CCC2. The minimum absolute atomic E-state index is 0.0842. The van der Waals surface area contributed by atoms with Crippen LogP contribution in [-0.4, -0.2) is 33.4 Å². The summed E-state index contributed by atoms with van der Waals surface area (Å²) in [4.78, 5) is 22.8. The molecule has 1 amide bonds. The van der Waals surface area contributed by atoms with Gasteiger partial charge >= 0.3 is 0 Å². The average Bonchev–Trinajstić information content (AvgIpc) is 3.08. The van der Waals surface area contributed by atoms with Crippen LogP contribution in [0.25, 0.3) is 0 Å². The number of carbonyl (C=O) groups excluding carboxylic acids is 1. The summed E-state index contributed by atoms with van der Waals surface area (Å²) in [6.45, 7) is 5.57. The topological polar surface area (TPSA) is 55.3 Å². The summed E-state index contributed by atoms with van der Waals surface area (Å²) >= 11 is 0. The van der Waals surface area contributed by atoms with Crippen molar-refractivity contribution >= 4 is 5.91 Å². The van der Waals surface area contributed by atoms with Crippen molar-refractivity contribution in [1.82, 2.24) is 14.9 Å².